The predicted molar refractivity (Wildman–Crippen MR) is 69.7 cm³/mol. The fourth-order valence-corrected chi connectivity index (χ4v) is 1.35. The molecule has 0 heterocycles. The molecule has 0 aliphatic heterocycles. The molecule has 0 unspecified atom stereocenters. The molecule has 3 N–H and O–H groups in total. The van der Waals surface area contributed by atoms with Gasteiger partial charge in [-0.15, -0.1) is 6.58 Å². The van der Waals surface area contributed by atoms with Crippen LogP contribution in [0.5, 0.6) is 0 Å². The van der Waals surface area contributed by atoms with Gasteiger partial charge in [0, 0.05) is 6.54 Å². The van der Waals surface area contributed by atoms with Gasteiger partial charge in [0.05, 0.1) is 24.6 Å². The van der Waals surface area contributed by atoms with Crippen LogP contribution in [-0.2, 0) is 4.74 Å². The van der Waals surface area contributed by atoms with Gasteiger partial charge in [-0.2, -0.15) is 0 Å². The number of benzene rings is 1. The van der Waals surface area contributed by atoms with E-state index in [1.165, 1.54) is 5.56 Å². The average molecular weight is 220 g/mol. The summed E-state index contributed by atoms with van der Waals surface area (Å²) in [4.78, 5) is 0. The molecule has 0 saturated heterocycles. The van der Waals surface area contributed by atoms with Gasteiger partial charge in [-0.25, -0.2) is 0 Å². The zero-order valence-corrected chi connectivity index (χ0v) is 9.83. The summed E-state index contributed by atoms with van der Waals surface area (Å²) in [5.41, 5.74) is 8.79. The van der Waals surface area contributed by atoms with Crippen LogP contribution in [0.3, 0.4) is 0 Å². The fraction of sp³-hybridized carbons (Fsp3) is 0.385. The zero-order valence-electron chi connectivity index (χ0n) is 9.83. The molecule has 0 fully saturated rings. The van der Waals surface area contributed by atoms with Crippen molar-refractivity contribution < 1.29 is 4.74 Å². The van der Waals surface area contributed by atoms with Crippen molar-refractivity contribution in [2.24, 2.45) is 0 Å². The first kappa shape index (κ1) is 12.6. The van der Waals surface area contributed by atoms with Gasteiger partial charge in [0.15, 0.2) is 0 Å². The van der Waals surface area contributed by atoms with Gasteiger partial charge in [0.2, 0.25) is 0 Å². The molecule has 16 heavy (non-hydrogen) atoms. The summed E-state index contributed by atoms with van der Waals surface area (Å²) in [7, 11) is 0. The van der Waals surface area contributed by atoms with E-state index in [0.717, 1.165) is 30.9 Å². The first-order valence-electron chi connectivity index (χ1n) is 5.52. The van der Waals surface area contributed by atoms with Crippen LogP contribution in [0.4, 0.5) is 11.4 Å². The molecule has 0 bridgehead atoms. The van der Waals surface area contributed by atoms with Crippen molar-refractivity contribution in [2.45, 2.75) is 13.3 Å². The van der Waals surface area contributed by atoms with Gasteiger partial charge in [-0.3, -0.25) is 0 Å². The standard InChI is InChI=1S/C13H20N2O/c1-3-4-8-16-9-7-15-13-10-11(2)5-6-12(13)14/h3,5-6,10,15H,1,4,7-9,14H2,2H3. The second kappa shape index (κ2) is 6.90. The number of anilines is 2. The van der Waals surface area contributed by atoms with Gasteiger partial charge in [-0.1, -0.05) is 12.1 Å². The summed E-state index contributed by atoms with van der Waals surface area (Å²) in [6.07, 6.45) is 2.75. The minimum Gasteiger partial charge on any atom is -0.397 e. The molecule has 0 atom stereocenters. The van der Waals surface area contributed by atoms with E-state index in [1.807, 2.05) is 31.2 Å². The van der Waals surface area contributed by atoms with E-state index in [4.69, 9.17) is 10.5 Å². The second-order valence-electron chi connectivity index (χ2n) is 3.71. The summed E-state index contributed by atoms with van der Waals surface area (Å²) >= 11 is 0. The molecule has 0 aliphatic rings. The van der Waals surface area contributed by atoms with E-state index < -0.39 is 0 Å². The molecule has 0 spiro atoms. The Balaban J connectivity index is 2.26. The highest BCUT2D eigenvalue weighted by molar-refractivity contribution is 5.66. The van der Waals surface area contributed by atoms with E-state index in [-0.39, 0.29) is 0 Å². The van der Waals surface area contributed by atoms with Gasteiger partial charge in [0.25, 0.3) is 0 Å². The maximum atomic E-state index is 5.84. The lowest BCUT2D eigenvalue weighted by Gasteiger charge is -2.10. The highest BCUT2D eigenvalue weighted by atomic mass is 16.5. The Kier molecular flexibility index (Phi) is 5.43. The van der Waals surface area contributed by atoms with Crippen LogP contribution in [0.2, 0.25) is 0 Å². The number of ether oxygens (including phenoxy) is 1. The van der Waals surface area contributed by atoms with Gasteiger partial charge >= 0.3 is 0 Å². The van der Waals surface area contributed by atoms with Crippen LogP contribution in [-0.4, -0.2) is 19.8 Å². The minimum atomic E-state index is 0.682. The zero-order chi connectivity index (χ0) is 11.8. The predicted octanol–water partition coefficient (Wildman–Crippen LogP) is 2.58. The summed E-state index contributed by atoms with van der Waals surface area (Å²) < 4.78 is 5.39. The third-order valence-electron chi connectivity index (χ3n) is 2.24. The van der Waals surface area contributed by atoms with Gasteiger partial charge < -0.3 is 15.8 Å². The Labute approximate surface area is 97.3 Å². The Bertz CT molecular complexity index is 337. The minimum absolute atomic E-state index is 0.682. The maximum Gasteiger partial charge on any atom is 0.0639 e. The first-order valence-corrected chi connectivity index (χ1v) is 5.52. The summed E-state index contributed by atoms with van der Waals surface area (Å²) in [6, 6.07) is 5.95. The van der Waals surface area contributed by atoms with E-state index in [0.29, 0.717) is 6.61 Å². The molecule has 88 valence electrons. The lowest BCUT2D eigenvalue weighted by atomic mass is 10.2. The highest BCUT2D eigenvalue weighted by Crippen LogP contribution is 2.18. The van der Waals surface area contributed by atoms with Gasteiger partial charge in [-0.05, 0) is 31.0 Å². The first-order chi connectivity index (χ1) is 7.74. The molecule has 1 aromatic rings. The summed E-state index contributed by atoms with van der Waals surface area (Å²) in [6.45, 7) is 7.86. The maximum absolute atomic E-state index is 5.84. The smallest absolute Gasteiger partial charge is 0.0639 e. The number of rotatable bonds is 7. The normalized spacial score (nSPS) is 10.1. The number of aryl methyl sites for hydroxylation is 1. The van der Waals surface area contributed by atoms with Crippen molar-refractivity contribution in [2.75, 3.05) is 30.8 Å². The Hall–Kier alpha value is -1.48. The largest absolute Gasteiger partial charge is 0.397 e. The van der Waals surface area contributed by atoms with Gasteiger partial charge in [0.1, 0.15) is 0 Å². The number of nitrogen functional groups attached to an aromatic ring is 1. The number of nitrogens with one attached hydrogen (secondary N) is 1. The number of hydrogen-bond acceptors (Lipinski definition) is 3. The monoisotopic (exact) mass is 220 g/mol. The SMILES string of the molecule is C=CCCOCCNc1cc(C)ccc1N. The van der Waals surface area contributed by atoms with E-state index in [1.54, 1.807) is 0 Å². The van der Waals surface area contributed by atoms with Crippen LogP contribution >= 0.6 is 0 Å². The lowest BCUT2D eigenvalue weighted by Crippen LogP contribution is -2.11. The second-order valence-corrected chi connectivity index (χ2v) is 3.71. The van der Waals surface area contributed by atoms with E-state index in [9.17, 15) is 0 Å². The summed E-state index contributed by atoms with van der Waals surface area (Å²) in [5.74, 6) is 0. The Morgan fingerprint density at radius 3 is 3.00 bits per heavy atom. The van der Waals surface area contributed by atoms with Crippen LogP contribution in [0.1, 0.15) is 12.0 Å². The van der Waals surface area contributed by atoms with Crippen LogP contribution in [0.15, 0.2) is 30.9 Å². The molecular weight excluding hydrogens is 200 g/mol. The molecular formula is C13H20N2O. The fourth-order valence-electron chi connectivity index (χ4n) is 1.35. The van der Waals surface area contributed by atoms with Crippen molar-refractivity contribution >= 4 is 11.4 Å². The quantitative estimate of drug-likeness (QED) is 0.422. The van der Waals surface area contributed by atoms with Crippen molar-refractivity contribution in [3.63, 3.8) is 0 Å². The van der Waals surface area contributed by atoms with E-state index >= 15 is 0 Å². The molecule has 1 rings (SSSR count). The van der Waals surface area contributed by atoms with Crippen molar-refractivity contribution in [1.82, 2.24) is 0 Å². The van der Waals surface area contributed by atoms with Crippen molar-refractivity contribution in [3.05, 3.63) is 36.4 Å². The topological polar surface area (TPSA) is 47.3 Å². The highest BCUT2D eigenvalue weighted by Gasteiger charge is 1.97. The Morgan fingerprint density at radius 2 is 2.25 bits per heavy atom. The molecule has 0 aliphatic carbocycles. The summed E-state index contributed by atoms with van der Waals surface area (Å²) in [5, 5.41) is 3.25. The molecule has 0 saturated carbocycles. The molecule has 0 radical (unpaired) electrons. The van der Waals surface area contributed by atoms with Crippen molar-refractivity contribution in [3.8, 4) is 0 Å². The lowest BCUT2D eigenvalue weighted by molar-refractivity contribution is 0.149. The number of hydrogen-bond donors (Lipinski definition) is 2. The molecule has 3 heteroatoms. The number of nitrogens with two attached hydrogens (primary N) is 1. The van der Waals surface area contributed by atoms with Crippen LogP contribution in [0, 0.1) is 6.92 Å². The van der Waals surface area contributed by atoms with Crippen molar-refractivity contribution in [1.29, 1.82) is 0 Å². The average Bonchev–Trinajstić information content (AvgIpc) is 2.28. The third-order valence-corrected chi connectivity index (χ3v) is 2.24. The third kappa shape index (κ3) is 4.36. The molecule has 1 aromatic carbocycles. The van der Waals surface area contributed by atoms with Crippen LogP contribution < -0.4 is 11.1 Å². The van der Waals surface area contributed by atoms with E-state index in [2.05, 4.69) is 11.9 Å². The molecule has 3 nitrogen and oxygen atoms in total. The molecule has 0 amide bonds. The Morgan fingerprint density at radius 1 is 1.44 bits per heavy atom. The molecule has 0 aromatic heterocycles. The van der Waals surface area contributed by atoms with Crippen LogP contribution in [0.25, 0.3) is 0 Å².